The number of methoxy groups -OCH3 is 1. The summed E-state index contributed by atoms with van der Waals surface area (Å²) in [6.07, 6.45) is -1.91. The lowest BCUT2D eigenvalue weighted by atomic mass is 9.65. The molecule has 0 radical (unpaired) electrons. The number of ether oxygens (including phenoxy) is 1. The number of nitriles is 1. The quantitative estimate of drug-likeness (QED) is 0.589. The maximum absolute atomic E-state index is 14.3. The van der Waals surface area contributed by atoms with Gasteiger partial charge in [-0.15, -0.1) is 0 Å². The Morgan fingerprint density at radius 2 is 2.03 bits per heavy atom. The maximum atomic E-state index is 14.3. The highest BCUT2D eigenvalue weighted by atomic mass is 19.4. The largest absolute Gasteiger partial charge is 0.495 e. The molecule has 6 nitrogen and oxygen atoms in total. The normalized spacial score (nSPS) is 24.4. The van der Waals surface area contributed by atoms with Crippen LogP contribution in [0.1, 0.15) is 42.4 Å². The number of rotatable bonds is 4. The third-order valence-electron chi connectivity index (χ3n) is 7.31. The molecular weight excluding hydrogens is 464 g/mol. The summed E-state index contributed by atoms with van der Waals surface area (Å²) in [7, 11) is 3.55. The number of amides is 2. The number of nitrogens with one attached hydrogen (secondary N) is 2. The predicted molar refractivity (Wildman–Crippen MR) is 122 cm³/mol. The summed E-state index contributed by atoms with van der Waals surface area (Å²) in [5.41, 5.74) is -0.577. The zero-order valence-electron chi connectivity index (χ0n) is 19.4. The van der Waals surface area contributed by atoms with E-state index < -0.39 is 29.3 Å². The zero-order valence-corrected chi connectivity index (χ0v) is 19.4. The minimum Gasteiger partial charge on any atom is -0.495 e. The summed E-state index contributed by atoms with van der Waals surface area (Å²) in [6.45, 7) is 0.862. The fourth-order valence-corrected chi connectivity index (χ4v) is 5.53. The van der Waals surface area contributed by atoms with Gasteiger partial charge in [0.05, 0.1) is 23.9 Å². The molecule has 4 rings (SSSR count). The Morgan fingerprint density at radius 1 is 1.26 bits per heavy atom. The van der Waals surface area contributed by atoms with Crippen molar-refractivity contribution in [2.45, 2.75) is 49.4 Å². The molecule has 186 valence electrons. The molecule has 2 aromatic rings. The van der Waals surface area contributed by atoms with E-state index in [1.54, 1.807) is 6.07 Å². The van der Waals surface area contributed by atoms with Gasteiger partial charge in [-0.3, -0.25) is 0 Å². The van der Waals surface area contributed by atoms with Gasteiger partial charge in [-0.1, -0.05) is 12.1 Å². The van der Waals surface area contributed by atoms with Crippen molar-refractivity contribution < 1.29 is 27.1 Å². The Morgan fingerprint density at radius 3 is 2.71 bits per heavy atom. The summed E-state index contributed by atoms with van der Waals surface area (Å²) >= 11 is 0. The first-order valence-corrected chi connectivity index (χ1v) is 11.3. The number of urea groups is 1. The highest BCUT2D eigenvalue weighted by molar-refractivity contribution is 5.89. The van der Waals surface area contributed by atoms with Crippen molar-refractivity contribution >= 4 is 11.7 Å². The number of fused-ring (bicyclic) bond motifs is 1. The van der Waals surface area contributed by atoms with Crippen LogP contribution >= 0.6 is 0 Å². The van der Waals surface area contributed by atoms with Crippen LogP contribution in [0.2, 0.25) is 0 Å². The lowest BCUT2D eigenvalue weighted by molar-refractivity contribution is -0.139. The molecule has 2 N–H and O–H groups in total. The van der Waals surface area contributed by atoms with Gasteiger partial charge in [-0.2, -0.15) is 18.4 Å². The van der Waals surface area contributed by atoms with Crippen LogP contribution in [0.15, 0.2) is 36.4 Å². The minimum absolute atomic E-state index is 0.101. The molecule has 2 fully saturated rings. The molecule has 1 aliphatic heterocycles. The second-order valence-corrected chi connectivity index (χ2v) is 9.16. The number of anilines is 1. The van der Waals surface area contributed by atoms with E-state index in [0.717, 1.165) is 37.1 Å². The van der Waals surface area contributed by atoms with Crippen LogP contribution in [-0.4, -0.2) is 43.7 Å². The molecule has 0 unspecified atom stereocenters. The number of halogens is 4. The van der Waals surface area contributed by atoms with Crippen LogP contribution < -0.4 is 15.4 Å². The second kappa shape index (κ2) is 9.38. The van der Waals surface area contributed by atoms with E-state index in [0.29, 0.717) is 30.2 Å². The highest BCUT2D eigenvalue weighted by Gasteiger charge is 2.50. The molecule has 1 heterocycles. The van der Waals surface area contributed by atoms with Crippen molar-refractivity contribution in [2.75, 3.05) is 26.0 Å². The molecule has 2 aliphatic rings. The van der Waals surface area contributed by atoms with Gasteiger partial charge in [0, 0.05) is 17.5 Å². The summed E-state index contributed by atoms with van der Waals surface area (Å²) in [5, 5.41) is 14.3. The topological polar surface area (TPSA) is 77.4 Å². The van der Waals surface area contributed by atoms with E-state index in [1.807, 2.05) is 19.2 Å². The number of likely N-dealkylation sites (N-methyl/N-ethyl adjacent to an activating group) is 1. The van der Waals surface area contributed by atoms with Crippen molar-refractivity contribution in [1.82, 2.24) is 10.2 Å². The van der Waals surface area contributed by atoms with Gasteiger partial charge in [0.1, 0.15) is 11.8 Å². The highest BCUT2D eigenvalue weighted by Crippen LogP contribution is 2.49. The summed E-state index contributed by atoms with van der Waals surface area (Å²) < 4.78 is 58.6. The minimum atomic E-state index is -4.86. The predicted octanol–water partition coefficient (Wildman–Crippen LogP) is 5.04. The van der Waals surface area contributed by atoms with E-state index in [1.165, 1.54) is 7.11 Å². The molecule has 1 saturated carbocycles. The molecular formula is C25H26F4N4O2. The van der Waals surface area contributed by atoms with Crippen LogP contribution in [0, 0.1) is 17.1 Å². The van der Waals surface area contributed by atoms with Crippen LogP contribution in [0.3, 0.4) is 0 Å². The van der Waals surface area contributed by atoms with Crippen molar-refractivity contribution in [3.63, 3.8) is 0 Å². The molecule has 0 aromatic heterocycles. The molecule has 2 aromatic carbocycles. The van der Waals surface area contributed by atoms with Crippen molar-refractivity contribution in [2.24, 2.45) is 0 Å². The first-order chi connectivity index (χ1) is 16.6. The molecule has 0 bridgehead atoms. The number of carbonyl (C=O) groups is 1. The molecule has 3 atom stereocenters. The molecule has 2 amide bonds. The van der Waals surface area contributed by atoms with Gasteiger partial charge in [0.15, 0.2) is 5.82 Å². The van der Waals surface area contributed by atoms with Gasteiger partial charge >= 0.3 is 12.2 Å². The van der Waals surface area contributed by atoms with Crippen molar-refractivity contribution in [3.05, 3.63) is 58.9 Å². The van der Waals surface area contributed by atoms with Crippen molar-refractivity contribution in [1.29, 1.82) is 5.26 Å². The lowest BCUT2D eigenvalue weighted by Crippen LogP contribution is -2.52. The average molecular weight is 491 g/mol. The third-order valence-corrected chi connectivity index (χ3v) is 7.31. The zero-order chi connectivity index (χ0) is 25.4. The molecule has 35 heavy (non-hydrogen) atoms. The second-order valence-electron chi connectivity index (χ2n) is 9.16. The maximum Gasteiger partial charge on any atom is 0.419 e. The Balaban J connectivity index is 1.49. The number of likely N-dealkylation sites (tertiary alicyclic amines) is 1. The van der Waals surface area contributed by atoms with E-state index in [9.17, 15) is 27.6 Å². The fraction of sp³-hybridized carbons (Fsp3) is 0.440. The van der Waals surface area contributed by atoms with Gasteiger partial charge in [0.25, 0.3) is 0 Å². The van der Waals surface area contributed by atoms with Gasteiger partial charge in [-0.25, -0.2) is 9.18 Å². The number of nitrogens with zero attached hydrogens (tertiary/aromatic N) is 2. The van der Waals surface area contributed by atoms with Gasteiger partial charge in [-0.05, 0) is 69.1 Å². The Hall–Kier alpha value is -3.32. The average Bonchev–Trinajstić information content (AvgIpc) is 3.16. The summed E-state index contributed by atoms with van der Waals surface area (Å²) in [6, 6.07) is 9.67. The van der Waals surface area contributed by atoms with E-state index in [-0.39, 0.29) is 17.5 Å². The molecule has 1 saturated heterocycles. The molecule has 1 aliphatic carbocycles. The van der Waals surface area contributed by atoms with E-state index in [4.69, 9.17) is 4.74 Å². The third kappa shape index (κ3) is 4.65. The van der Waals surface area contributed by atoms with Crippen LogP contribution in [0.4, 0.5) is 28.0 Å². The van der Waals surface area contributed by atoms with Gasteiger partial charge < -0.3 is 20.3 Å². The smallest absolute Gasteiger partial charge is 0.419 e. The number of hydrogen-bond donors (Lipinski definition) is 2. The Kier molecular flexibility index (Phi) is 6.64. The van der Waals surface area contributed by atoms with Crippen LogP contribution in [0.25, 0.3) is 0 Å². The number of alkyl halides is 3. The summed E-state index contributed by atoms with van der Waals surface area (Å²) in [5.74, 6) is -0.987. The number of carbonyl (C=O) groups excluding carboxylic acids is 1. The summed E-state index contributed by atoms with van der Waals surface area (Å²) in [4.78, 5) is 14.8. The first kappa shape index (κ1) is 24.8. The Bertz CT molecular complexity index is 1160. The monoisotopic (exact) mass is 490 g/mol. The molecule has 0 spiro atoms. The van der Waals surface area contributed by atoms with E-state index in [2.05, 4.69) is 21.6 Å². The lowest BCUT2D eigenvalue weighted by Gasteiger charge is -2.45. The first-order valence-electron chi connectivity index (χ1n) is 11.3. The van der Waals surface area contributed by atoms with Crippen molar-refractivity contribution in [3.8, 4) is 11.8 Å². The SMILES string of the molecule is COc1cc([C@@]23CC[C@@H](NC(=O)Nc4cccc(C(F)(F)F)c4F)C[C@@H]2N(C)CC3)ccc1C#N. The van der Waals surface area contributed by atoms with Crippen LogP contribution in [-0.2, 0) is 11.6 Å². The van der Waals surface area contributed by atoms with E-state index >= 15 is 0 Å². The molecule has 10 heteroatoms. The van der Waals surface area contributed by atoms with Crippen LogP contribution in [0.5, 0.6) is 5.75 Å². The number of benzene rings is 2. The Labute approximate surface area is 200 Å². The van der Waals surface area contributed by atoms with Gasteiger partial charge in [0.2, 0.25) is 0 Å². The fourth-order valence-electron chi connectivity index (χ4n) is 5.53. The standard InChI is InChI=1S/C25H26F4N4O2/c1-33-11-10-24(16-7-6-15(14-30)20(12-16)35-2)9-8-17(13-21(24)33)31-23(34)32-19-5-3-4-18(22(19)26)25(27,28)29/h3-7,12,17,21H,8-11,13H2,1-2H3,(H2,31,32,34)/t17-,21+,24+/m1/s1. The number of hydrogen-bond acceptors (Lipinski definition) is 4.